The Balaban J connectivity index is 1.75. The van der Waals surface area contributed by atoms with Gasteiger partial charge in [0.05, 0.1) is 5.52 Å². The molecule has 0 atom stereocenters. The number of nitrogens with two attached hydrogens (primary N) is 2. The first kappa shape index (κ1) is 18.0. The number of aromatic nitrogens is 6. The smallest absolute Gasteiger partial charge is 0.273 e. The lowest BCUT2D eigenvalue weighted by molar-refractivity contribution is 0.0985. The molecule has 4 rings (SSSR count). The zero-order chi connectivity index (χ0) is 20.4. The van der Waals surface area contributed by atoms with Crippen LogP contribution in [0.15, 0.2) is 48.5 Å². The van der Waals surface area contributed by atoms with Gasteiger partial charge in [-0.3, -0.25) is 9.59 Å². The number of carbonyl (C=O) groups is 2. The standard InChI is InChI=1S/C18H15N9O2/c19-15(28)12-8-4-7-11-13(24-26-27(11)12)18-22-17(14(16(20)29)23-25-18)21-9-10-5-2-1-3-6-10/h1-8H,9H2,(H2,19,28)(H2,20,29)(H,21,22,25). The number of amides is 2. The zero-order valence-corrected chi connectivity index (χ0v) is 15.0. The lowest BCUT2D eigenvalue weighted by Crippen LogP contribution is -2.19. The first-order valence-corrected chi connectivity index (χ1v) is 8.51. The number of pyridine rings is 1. The number of hydrogen-bond acceptors (Lipinski definition) is 8. The Morgan fingerprint density at radius 2 is 1.72 bits per heavy atom. The van der Waals surface area contributed by atoms with Gasteiger partial charge in [-0.1, -0.05) is 41.6 Å². The highest BCUT2D eigenvalue weighted by Crippen LogP contribution is 2.21. The van der Waals surface area contributed by atoms with Crippen molar-refractivity contribution >= 4 is 23.1 Å². The summed E-state index contributed by atoms with van der Waals surface area (Å²) in [5.74, 6) is -1.14. The lowest BCUT2D eigenvalue weighted by Gasteiger charge is -2.09. The largest absolute Gasteiger partial charge is 0.364 e. The maximum atomic E-state index is 11.7. The second-order valence-electron chi connectivity index (χ2n) is 6.05. The average Bonchev–Trinajstić information content (AvgIpc) is 3.16. The molecule has 3 aromatic heterocycles. The number of nitrogens with one attached hydrogen (secondary N) is 1. The van der Waals surface area contributed by atoms with Gasteiger partial charge in [-0.05, 0) is 17.7 Å². The maximum absolute atomic E-state index is 11.7. The third-order valence-electron chi connectivity index (χ3n) is 4.13. The number of nitrogens with zero attached hydrogens (tertiary/aromatic N) is 6. The van der Waals surface area contributed by atoms with E-state index in [1.807, 2.05) is 30.3 Å². The van der Waals surface area contributed by atoms with E-state index < -0.39 is 11.8 Å². The average molecular weight is 389 g/mol. The zero-order valence-electron chi connectivity index (χ0n) is 15.0. The number of carbonyl (C=O) groups excluding carboxylic acids is 2. The van der Waals surface area contributed by atoms with Crippen LogP contribution in [-0.4, -0.2) is 41.8 Å². The van der Waals surface area contributed by atoms with Gasteiger partial charge in [0.1, 0.15) is 5.69 Å². The fourth-order valence-electron chi connectivity index (χ4n) is 2.76. The molecule has 4 aromatic rings. The van der Waals surface area contributed by atoms with E-state index in [9.17, 15) is 9.59 Å². The van der Waals surface area contributed by atoms with Crippen molar-refractivity contribution in [1.29, 1.82) is 0 Å². The van der Waals surface area contributed by atoms with Crippen molar-refractivity contribution < 1.29 is 9.59 Å². The Hall–Kier alpha value is -4.41. The van der Waals surface area contributed by atoms with Gasteiger partial charge in [0, 0.05) is 6.54 Å². The molecule has 0 fully saturated rings. The van der Waals surface area contributed by atoms with Crippen LogP contribution >= 0.6 is 0 Å². The Bertz CT molecular complexity index is 1220. The summed E-state index contributed by atoms with van der Waals surface area (Å²) in [6.45, 7) is 0.396. The van der Waals surface area contributed by atoms with Gasteiger partial charge in [-0.2, -0.15) is 0 Å². The summed E-state index contributed by atoms with van der Waals surface area (Å²) in [5, 5.41) is 18.9. The van der Waals surface area contributed by atoms with E-state index >= 15 is 0 Å². The van der Waals surface area contributed by atoms with E-state index in [0.29, 0.717) is 12.1 Å². The highest BCUT2D eigenvalue weighted by atomic mass is 16.1. The van der Waals surface area contributed by atoms with E-state index in [1.54, 1.807) is 12.1 Å². The molecule has 0 aliphatic rings. The SMILES string of the molecule is NC(=O)c1nnc(-c2nnn3c(C(N)=O)cccc23)nc1NCc1ccccc1. The molecule has 1 aromatic carbocycles. The van der Waals surface area contributed by atoms with Crippen molar-refractivity contribution in [3.8, 4) is 11.5 Å². The maximum Gasteiger partial charge on any atom is 0.273 e. The molecule has 0 unspecified atom stereocenters. The molecule has 144 valence electrons. The van der Waals surface area contributed by atoms with Crippen LogP contribution in [0.5, 0.6) is 0 Å². The third kappa shape index (κ3) is 3.43. The van der Waals surface area contributed by atoms with Crippen molar-refractivity contribution in [1.82, 2.24) is 30.0 Å². The Kier molecular flexibility index (Phi) is 4.53. The summed E-state index contributed by atoms with van der Waals surface area (Å²) in [6.07, 6.45) is 0. The van der Waals surface area contributed by atoms with E-state index in [2.05, 4.69) is 30.8 Å². The van der Waals surface area contributed by atoms with Gasteiger partial charge in [-0.25, -0.2) is 9.50 Å². The third-order valence-corrected chi connectivity index (χ3v) is 4.13. The molecule has 11 heteroatoms. The molecule has 0 bridgehead atoms. The minimum Gasteiger partial charge on any atom is -0.364 e. The predicted molar refractivity (Wildman–Crippen MR) is 103 cm³/mol. The second kappa shape index (κ2) is 7.31. The number of primary amides is 2. The molecular weight excluding hydrogens is 374 g/mol. The van der Waals surface area contributed by atoms with Gasteiger partial charge in [0.25, 0.3) is 11.8 Å². The number of benzene rings is 1. The Morgan fingerprint density at radius 3 is 2.45 bits per heavy atom. The summed E-state index contributed by atoms with van der Waals surface area (Å²) >= 11 is 0. The van der Waals surface area contributed by atoms with Crippen LogP contribution < -0.4 is 16.8 Å². The van der Waals surface area contributed by atoms with Crippen LogP contribution in [0.4, 0.5) is 5.82 Å². The van der Waals surface area contributed by atoms with Crippen molar-refractivity contribution in [2.24, 2.45) is 11.5 Å². The molecule has 0 saturated carbocycles. The van der Waals surface area contributed by atoms with Crippen LogP contribution in [0.25, 0.3) is 17.0 Å². The van der Waals surface area contributed by atoms with Crippen LogP contribution in [-0.2, 0) is 6.54 Å². The molecule has 0 aliphatic heterocycles. The van der Waals surface area contributed by atoms with Crippen molar-refractivity contribution in [2.75, 3.05) is 5.32 Å². The summed E-state index contributed by atoms with van der Waals surface area (Å²) in [4.78, 5) is 27.7. The van der Waals surface area contributed by atoms with Crippen molar-refractivity contribution in [2.45, 2.75) is 6.54 Å². The summed E-state index contributed by atoms with van der Waals surface area (Å²) in [6, 6.07) is 14.4. The normalized spacial score (nSPS) is 10.8. The van der Waals surface area contributed by atoms with Gasteiger partial charge in [-0.15, -0.1) is 15.3 Å². The summed E-state index contributed by atoms with van der Waals surface area (Å²) < 4.78 is 1.29. The Labute approximate surface area is 163 Å². The molecule has 2 amide bonds. The minimum atomic E-state index is -0.768. The van der Waals surface area contributed by atoms with Crippen LogP contribution in [0.3, 0.4) is 0 Å². The topological polar surface area (TPSA) is 167 Å². The van der Waals surface area contributed by atoms with Crippen LogP contribution in [0.1, 0.15) is 26.5 Å². The van der Waals surface area contributed by atoms with Gasteiger partial charge < -0.3 is 16.8 Å². The molecule has 0 saturated heterocycles. The molecule has 0 aliphatic carbocycles. The molecule has 29 heavy (non-hydrogen) atoms. The predicted octanol–water partition coefficient (Wildman–Crippen LogP) is 0.391. The van der Waals surface area contributed by atoms with Crippen molar-refractivity contribution in [3.05, 3.63) is 65.5 Å². The minimum absolute atomic E-state index is 0.0982. The fraction of sp³-hybridized carbons (Fsp3) is 0.0556. The molecular formula is C18H15N9O2. The summed E-state index contributed by atoms with van der Waals surface area (Å²) in [5.41, 5.74) is 12.5. The van der Waals surface area contributed by atoms with Gasteiger partial charge >= 0.3 is 0 Å². The fourth-order valence-corrected chi connectivity index (χ4v) is 2.76. The molecule has 11 nitrogen and oxygen atoms in total. The second-order valence-corrected chi connectivity index (χ2v) is 6.05. The monoisotopic (exact) mass is 389 g/mol. The number of anilines is 1. The molecule has 5 N–H and O–H groups in total. The highest BCUT2D eigenvalue weighted by Gasteiger charge is 2.20. The molecule has 0 radical (unpaired) electrons. The molecule has 3 heterocycles. The lowest BCUT2D eigenvalue weighted by atomic mass is 10.2. The van der Waals surface area contributed by atoms with E-state index in [0.717, 1.165) is 5.56 Å². The highest BCUT2D eigenvalue weighted by molar-refractivity contribution is 5.95. The van der Waals surface area contributed by atoms with Gasteiger partial charge in [0.15, 0.2) is 17.2 Å². The van der Waals surface area contributed by atoms with E-state index in [4.69, 9.17) is 11.5 Å². The van der Waals surface area contributed by atoms with Crippen molar-refractivity contribution in [3.63, 3.8) is 0 Å². The van der Waals surface area contributed by atoms with E-state index in [-0.39, 0.29) is 28.7 Å². The van der Waals surface area contributed by atoms with Crippen LogP contribution in [0, 0.1) is 0 Å². The number of fused-ring (bicyclic) bond motifs is 1. The quantitative estimate of drug-likeness (QED) is 0.425. The Morgan fingerprint density at radius 1 is 0.931 bits per heavy atom. The number of rotatable bonds is 6. The van der Waals surface area contributed by atoms with Gasteiger partial charge in [0.2, 0.25) is 5.82 Å². The summed E-state index contributed by atoms with van der Waals surface area (Å²) in [7, 11) is 0. The van der Waals surface area contributed by atoms with E-state index in [1.165, 1.54) is 10.6 Å². The number of hydrogen-bond donors (Lipinski definition) is 3. The first-order valence-electron chi connectivity index (χ1n) is 8.51. The molecule has 0 spiro atoms. The van der Waals surface area contributed by atoms with Crippen LogP contribution in [0.2, 0.25) is 0 Å². The first-order chi connectivity index (χ1) is 14.0.